The van der Waals surface area contributed by atoms with Gasteiger partial charge < -0.3 is 4.98 Å². The second kappa shape index (κ2) is 15.9. The molecule has 0 aliphatic heterocycles. The third-order valence-corrected chi connectivity index (χ3v) is 14.6. The molecule has 1 radical (unpaired) electrons. The Morgan fingerprint density at radius 1 is 0.771 bits per heavy atom. The van der Waals surface area contributed by atoms with E-state index in [1.165, 1.54) is 46.8 Å². The average molecular weight is 884 g/mol. The van der Waals surface area contributed by atoms with Crippen molar-refractivity contribution in [3.63, 3.8) is 0 Å². The van der Waals surface area contributed by atoms with Gasteiger partial charge in [0.25, 0.3) is 0 Å². The zero-order chi connectivity index (χ0) is 33.0. The van der Waals surface area contributed by atoms with E-state index in [0.717, 1.165) is 35.4 Å². The first-order valence-corrected chi connectivity index (χ1v) is 24.8. The maximum atomic E-state index is 4.74. The van der Waals surface area contributed by atoms with E-state index in [0.29, 0.717) is 5.92 Å². The third kappa shape index (κ3) is 7.74. The standard InChI is InChI=1S/C28H24NS.C15H18GeN.Ir/c1-3-19(4-2)21-16-17-29-25(18-21)23-13-8-14-24-27-22(20-10-6-5-7-11-20)12-9-15-26(27)30-28(23)24;1-12-10-15(13-8-6-5-7-9-13)17-11-14(12)16(2,3)4;/h5-12,14-19H,3-4H2,1-2H3;5-8,10-11H,1-4H3;/q2*-1;. The molecule has 0 aliphatic carbocycles. The number of rotatable bonds is 7. The fourth-order valence-corrected chi connectivity index (χ4v) is 11.3. The number of hydrogen-bond donors (Lipinski definition) is 0. The van der Waals surface area contributed by atoms with Gasteiger partial charge in [-0.25, -0.2) is 0 Å². The van der Waals surface area contributed by atoms with Crippen molar-refractivity contribution in [1.29, 1.82) is 0 Å². The second-order valence-corrected chi connectivity index (χ2v) is 24.8. The van der Waals surface area contributed by atoms with E-state index < -0.39 is 13.3 Å². The Labute approximate surface area is 306 Å². The van der Waals surface area contributed by atoms with E-state index in [2.05, 4.69) is 146 Å². The molecule has 0 saturated carbocycles. The Balaban J connectivity index is 0.000000214. The number of aryl methyl sites for hydroxylation is 1. The van der Waals surface area contributed by atoms with E-state index >= 15 is 0 Å². The quantitative estimate of drug-likeness (QED) is 0.118. The minimum atomic E-state index is -1.77. The zero-order valence-electron chi connectivity index (χ0n) is 28.6. The van der Waals surface area contributed by atoms with Gasteiger partial charge in [-0.15, -0.1) is 23.8 Å². The number of benzene rings is 4. The summed E-state index contributed by atoms with van der Waals surface area (Å²) in [5.41, 5.74) is 9.53. The van der Waals surface area contributed by atoms with Crippen LogP contribution in [-0.4, -0.2) is 23.2 Å². The van der Waals surface area contributed by atoms with Crippen LogP contribution in [0.3, 0.4) is 0 Å². The van der Waals surface area contributed by atoms with Crippen molar-refractivity contribution in [3.8, 4) is 33.6 Å². The summed E-state index contributed by atoms with van der Waals surface area (Å²) in [6.07, 6.45) is 6.33. The monoisotopic (exact) mass is 885 g/mol. The van der Waals surface area contributed by atoms with Crippen LogP contribution in [0.25, 0.3) is 53.8 Å². The molecule has 0 bridgehead atoms. The van der Waals surface area contributed by atoms with Crippen LogP contribution >= 0.6 is 11.3 Å². The summed E-state index contributed by atoms with van der Waals surface area (Å²) in [5, 5.41) is 2.62. The van der Waals surface area contributed by atoms with E-state index in [1.54, 1.807) is 0 Å². The SMILES string of the molecule is CCC(CC)c1ccnc(-c2[c-]ccc3c2sc2cccc(-c4ccccc4)c23)c1.Cc1cc(-c2[c-]cccc2)nc[c]1[Ge]([CH3])([CH3])[CH3].[Ir]. The van der Waals surface area contributed by atoms with Gasteiger partial charge >= 0.3 is 106 Å². The number of fused-ring (bicyclic) bond motifs is 3. The normalized spacial score (nSPS) is 11.3. The van der Waals surface area contributed by atoms with Gasteiger partial charge in [-0.3, -0.25) is 0 Å². The Morgan fingerprint density at radius 2 is 1.54 bits per heavy atom. The molecule has 0 saturated heterocycles. The predicted molar refractivity (Wildman–Crippen MR) is 206 cm³/mol. The number of aromatic nitrogens is 2. The molecule has 7 aromatic rings. The third-order valence-electron chi connectivity index (χ3n) is 8.94. The van der Waals surface area contributed by atoms with E-state index in [9.17, 15) is 0 Å². The molecule has 0 amide bonds. The van der Waals surface area contributed by atoms with Crippen molar-refractivity contribution >= 4 is 49.2 Å². The maximum Gasteiger partial charge on any atom is 0 e. The van der Waals surface area contributed by atoms with Gasteiger partial charge in [-0.1, -0.05) is 73.3 Å². The summed E-state index contributed by atoms with van der Waals surface area (Å²) in [6.45, 7) is 6.72. The van der Waals surface area contributed by atoms with Gasteiger partial charge in [-0.2, -0.15) is 11.3 Å². The van der Waals surface area contributed by atoms with E-state index in [4.69, 9.17) is 4.98 Å². The molecule has 0 unspecified atom stereocenters. The van der Waals surface area contributed by atoms with Crippen molar-refractivity contribution in [3.05, 3.63) is 139 Å². The molecule has 0 N–H and O–H groups in total. The van der Waals surface area contributed by atoms with Crippen molar-refractivity contribution in [2.45, 2.75) is 56.8 Å². The Morgan fingerprint density at radius 3 is 2.23 bits per heavy atom. The molecule has 0 spiro atoms. The van der Waals surface area contributed by atoms with Crippen molar-refractivity contribution in [2.24, 2.45) is 0 Å². The average Bonchev–Trinajstić information content (AvgIpc) is 3.49. The fourth-order valence-electron chi connectivity index (χ4n) is 6.48. The first-order chi connectivity index (χ1) is 22.8. The molecule has 3 aromatic heterocycles. The molecule has 245 valence electrons. The molecule has 3 heterocycles. The molecule has 48 heavy (non-hydrogen) atoms. The zero-order valence-corrected chi connectivity index (χ0v) is 33.9. The van der Waals surface area contributed by atoms with Crippen molar-refractivity contribution in [2.75, 3.05) is 0 Å². The molecule has 7 rings (SSSR count). The molecule has 0 aliphatic rings. The minimum absolute atomic E-state index is 0. The summed E-state index contributed by atoms with van der Waals surface area (Å²) in [5.74, 6) is 7.78. The van der Waals surface area contributed by atoms with Gasteiger partial charge in [-0.05, 0) is 57.8 Å². The number of thiophene rings is 1. The van der Waals surface area contributed by atoms with Gasteiger partial charge in [0.15, 0.2) is 0 Å². The Bertz CT molecular complexity index is 2110. The summed E-state index contributed by atoms with van der Waals surface area (Å²) in [4.78, 5) is 9.33. The molecule has 5 heteroatoms. The minimum Gasteiger partial charge on any atom is 0 e. The summed E-state index contributed by atoms with van der Waals surface area (Å²) < 4.78 is 4.07. The Hall–Kier alpha value is -3.41. The van der Waals surface area contributed by atoms with Gasteiger partial charge in [0, 0.05) is 31.0 Å². The summed E-state index contributed by atoms with van der Waals surface area (Å²) in [7, 11) is 0. The number of nitrogens with zero attached hydrogens (tertiary/aromatic N) is 2. The molecule has 0 fully saturated rings. The molecule has 0 atom stereocenters. The summed E-state index contributed by atoms with van der Waals surface area (Å²) >= 11 is 0.0739. The maximum absolute atomic E-state index is 4.74. The van der Waals surface area contributed by atoms with Crippen LogP contribution in [0, 0.1) is 19.1 Å². The fraction of sp³-hybridized carbons (Fsp3) is 0.209. The molecular formula is C43H42GeIrN2S-2. The number of hydrogen-bond acceptors (Lipinski definition) is 3. The van der Waals surface area contributed by atoms with Crippen LogP contribution in [0.4, 0.5) is 0 Å². The first kappa shape index (κ1) is 35.9. The smallest absolute Gasteiger partial charge is 0 e. The van der Waals surface area contributed by atoms with Gasteiger partial charge in [0.1, 0.15) is 0 Å². The van der Waals surface area contributed by atoms with Crippen LogP contribution in [-0.2, 0) is 20.1 Å². The molecule has 2 nitrogen and oxygen atoms in total. The summed E-state index contributed by atoms with van der Waals surface area (Å²) in [6, 6.07) is 42.9. The molecular weight excluding hydrogens is 841 g/mol. The predicted octanol–water partition coefficient (Wildman–Crippen LogP) is 11.9. The van der Waals surface area contributed by atoms with E-state index in [1.807, 2.05) is 35.7 Å². The first-order valence-electron chi connectivity index (χ1n) is 16.6. The van der Waals surface area contributed by atoms with Crippen molar-refractivity contribution < 1.29 is 20.1 Å². The van der Waals surface area contributed by atoms with Crippen LogP contribution in [0.2, 0.25) is 17.3 Å². The topological polar surface area (TPSA) is 25.8 Å². The second-order valence-electron chi connectivity index (χ2n) is 13.1. The van der Waals surface area contributed by atoms with Gasteiger partial charge in [0.05, 0.1) is 0 Å². The Kier molecular flexibility index (Phi) is 11.9. The molecule has 4 aromatic carbocycles. The largest absolute Gasteiger partial charge is 0 e. The van der Waals surface area contributed by atoms with Crippen LogP contribution in [0.5, 0.6) is 0 Å². The van der Waals surface area contributed by atoms with Crippen LogP contribution in [0.1, 0.15) is 43.7 Å². The number of pyridine rings is 2. The van der Waals surface area contributed by atoms with Gasteiger partial charge in [0.2, 0.25) is 0 Å². The van der Waals surface area contributed by atoms with E-state index in [-0.39, 0.29) is 20.1 Å². The van der Waals surface area contributed by atoms with Crippen molar-refractivity contribution in [1.82, 2.24) is 9.97 Å². The van der Waals surface area contributed by atoms with Crippen LogP contribution in [0.15, 0.2) is 116 Å². The van der Waals surface area contributed by atoms with Crippen LogP contribution < -0.4 is 4.40 Å².